The van der Waals surface area contributed by atoms with Crippen LogP contribution in [0.5, 0.6) is 28.7 Å². The van der Waals surface area contributed by atoms with Gasteiger partial charge in [-0.15, -0.1) is 0 Å². The van der Waals surface area contributed by atoms with Crippen LogP contribution in [0.15, 0.2) is 132 Å². The lowest BCUT2D eigenvalue weighted by atomic mass is 10.1. The molecule has 0 N–H and O–H groups in total. The maximum Gasteiger partial charge on any atom is 0.343 e. The zero-order valence-electron chi connectivity index (χ0n) is 33.2. The monoisotopic (exact) mass is 770 g/mol. The molecule has 0 saturated carbocycles. The highest BCUT2D eigenvalue weighted by Gasteiger charge is 2.12. The highest BCUT2D eigenvalue weighted by atomic mass is 16.5. The molecule has 0 spiro atoms. The van der Waals surface area contributed by atoms with Crippen LogP contribution in [0.3, 0.4) is 0 Å². The number of carbonyl (C=O) groups is 2. The topological polar surface area (TPSA) is 105 Å². The van der Waals surface area contributed by atoms with E-state index in [1.54, 1.807) is 73.8 Å². The number of benzene rings is 5. The first-order valence-corrected chi connectivity index (χ1v) is 20.1. The largest absolute Gasteiger partial charge is 0.497 e. The SMILES string of the molecule is CCCCCCCCCCOc1ccc(C(=O)Oc2cc(N=Nc3ccc(OC)cc3)cc(OCCCCCC(=O)Oc3ccc(-c4ccccc4)cc3)c2)cc1. The van der Waals surface area contributed by atoms with Gasteiger partial charge in [-0.3, -0.25) is 4.79 Å². The summed E-state index contributed by atoms with van der Waals surface area (Å²) >= 11 is 0. The van der Waals surface area contributed by atoms with E-state index in [0.29, 0.717) is 66.7 Å². The minimum Gasteiger partial charge on any atom is -0.497 e. The van der Waals surface area contributed by atoms with E-state index in [0.717, 1.165) is 36.1 Å². The third kappa shape index (κ3) is 15.2. The molecule has 0 unspecified atom stereocenters. The number of azo groups is 1. The van der Waals surface area contributed by atoms with Crippen molar-refractivity contribution in [3.63, 3.8) is 0 Å². The van der Waals surface area contributed by atoms with Crippen molar-refractivity contribution in [2.24, 2.45) is 10.2 Å². The molecule has 5 rings (SSSR count). The van der Waals surface area contributed by atoms with Crippen molar-refractivity contribution < 1.29 is 33.3 Å². The van der Waals surface area contributed by atoms with Crippen molar-refractivity contribution in [3.8, 4) is 39.9 Å². The molecule has 0 aromatic heterocycles. The molecule has 0 aliphatic heterocycles. The lowest BCUT2D eigenvalue weighted by Gasteiger charge is -2.11. The molecule has 298 valence electrons. The molecule has 0 radical (unpaired) electrons. The number of hydrogen-bond donors (Lipinski definition) is 0. The molecular weight excluding hydrogens is 717 g/mol. The van der Waals surface area contributed by atoms with E-state index in [-0.39, 0.29) is 11.7 Å². The van der Waals surface area contributed by atoms with Crippen molar-refractivity contribution >= 4 is 23.3 Å². The summed E-state index contributed by atoms with van der Waals surface area (Å²) < 4.78 is 28.5. The van der Waals surface area contributed by atoms with Gasteiger partial charge in [0.15, 0.2) is 0 Å². The number of ether oxygens (including phenoxy) is 5. The Morgan fingerprint density at radius 1 is 0.491 bits per heavy atom. The van der Waals surface area contributed by atoms with Crippen LogP contribution < -0.4 is 23.7 Å². The van der Waals surface area contributed by atoms with Gasteiger partial charge in [0, 0.05) is 24.6 Å². The van der Waals surface area contributed by atoms with Crippen molar-refractivity contribution in [1.82, 2.24) is 0 Å². The molecule has 57 heavy (non-hydrogen) atoms. The Morgan fingerprint density at radius 2 is 1.05 bits per heavy atom. The quantitative estimate of drug-likeness (QED) is 0.0266. The summed E-state index contributed by atoms with van der Waals surface area (Å²) in [4.78, 5) is 25.7. The number of methoxy groups -OCH3 is 1. The molecule has 0 aliphatic carbocycles. The second kappa shape index (κ2) is 23.8. The second-order valence-electron chi connectivity index (χ2n) is 13.8. The Hall–Kier alpha value is -5.96. The standard InChI is InChI=1S/C48H54N2O7/c1-3-4-5-6-7-8-9-15-32-54-43-26-22-39(23-27-43)48(52)57-46-35-41(50-49-40-24-30-42(53-2)31-25-40)34-45(36-46)55-33-16-11-14-19-47(51)56-44-28-20-38(21-29-44)37-17-12-10-13-18-37/h10,12-13,17-18,20-31,34-36H,3-9,11,14-16,19,32-33H2,1-2H3. The second-order valence-corrected chi connectivity index (χ2v) is 13.8. The normalized spacial score (nSPS) is 11.0. The fraction of sp³-hybridized carbons (Fsp3) is 0.333. The number of carbonyl (C=O) groups excluding carboxylic acids is 2. The van der Waals surface area contributed by atoms with Crippen LogP contribution in [-0.2, 0) is 4.79 Å². The summed E-state index contributed by atoms with van der Waals surface area (Å²) in [5, 5.41) is 8.72. The predicted molar refractivity (Wildman–Crippen MR) is 225 cm³/mol. The summed E-state index contributed by atoms with van der Waals surface area (Å²) in [6.07, 6.45) is 12.3. The molecule has 0 amide bonds. The van der Waals surface area contributed by atoms with Gasteiger partial charge in [-0.1, -0.05) is 94.3 Å². The molecule has 0 fully saturated rings. The van der Waals surface area contributed by atoms with E-state index in [1.165, 1.54) is 38.5 Å². The molecule has 9 nitrogen and oxygen atoms in total. The lowest BCUT2D eigenvalue weighted by Crippen LogP contribution is -2.09. The zero-order valence-corrected chi connectivity index (χ0v) is 33.2. The van der Waals surface area contributed by atoms with Gasteiger partial charge in [0.25, 0.3) is 0 Å². The average Bonchev–Trinajstić information content (AvgIpc) is 3.24. The number of nitrogens with zero attached hydrogens (tertiary/aromatic N) is 2. The first-order valence-electron chi connectivity index (χ1n) is 20.1. The molecule has 5 aromatic rings. The van der Waals surface area contributed by atoms with Crippen LogP contribution in [0.4, 0.5) is 11.4 Å². The van der Waals surface area contributed by atoms with Gasteiger partial charge in [-0.05, 0) is 97.5 Å². The minimum absolute atomic E-state index is 0.272. The molecule has 0 bridgehead atoms. The summed E-state index contributed by atoms with van der Waals surface area (Å²) in [6.45, 7) is 3.28. The zero-order chi connectivity index (χ0) is 39.9. The number of esters is 2. The first-order chi connectivity index (χ1) is 28.0. The van der Waals surface area contributed by atoms with E-state index in [2.05, 4.69) is 17.2 Å². The molecule has 0 aliphatic rings. The van der Waals surface area contributed by atoms with Crippen LogP contribution in [0.25, 0.3) is 11.1 Å². The Balaban J connectivity index is 1.09. The Bertz CT molecular complexity index is 1960. The van der Waals surface area contributed by atoms with E-state index in [1.807, 2.05) is 54.6 Å². The number of hydrogen-bond acceptors (Lipinski definition) is 9. The van der Waals surface area contributed by atoms with E-state index >= 15 is 0 Å². The number of unbranched alkanes of at least 4 members (excludes halogenated alkanes) is 9. The van der Waals surface area contributed by atoms with Gasteiger partial charge in [-0.2, -0.15) is 10.2 Å². The van der Waals surface area contributed by atoms with Crippen LogP contribution >= 0.6 is 0 Å². The smallest absolute Gasteiger partial charge is 0.343 e. The van der Waals surface area contributed by atoms with Crippen LogP contribution in [0.2, 0.25) is 0 Å². The van der Waals surface area contributed by atoms with E-state index in [9.17, 15) is 9.59 Å². The van der Waals surface area contributed by atoms with Gasteiger partial charge in [0.2, 0.25) is 0 Å². The summed E-state index contributed by atoms with van der Waals surface area (Å²) in [5.74, 6) is 1.93. The van der Waals surface area contributed by atoms with Gasteiger partial charge in [0.1, 0.15) is 28.7 Å². The van der Waals surface area contributed by atoms with Gasteiger partial charge >= 0.3 is 11.9 Å². The maximum absolute atomic E-state index is 13.2. The van der Waals surface area contributed by atoms with Crippen LogP contribution in [-0.4, -0.2) is 32.3 Å². The Morgan fingerprint density at radius 3 is 1.74 bits per heavy atom. The molecule has 0 heterocycles. The summed E-state index contributed by atoms with van der Waals surface area (Å²) in [7, 11) is 1.60. The highest BCUT2D eigenvalue weighted by Crippen LogP contribution is 2.31. The minimum atomic E-state index is -0.515. The Labute approximate surface area is 337 Å². The van der Waals surface area contributed by atoms with Crippen molar-refractivity contribution in [2.45, 2.75) is 84.0 Å². The van der Waals surface area contributed by atoms with Crippen molar-refractivity contribution in [2.75, 3.05) is 20.3 Å². The molecule has 5 aromatic carbocycles. The molecule has 9 heteroatoms. The predicted octanol–water partition coefficient (Wildman–Crippen LogP) is 13.1. The average molecular weight is 771 g/mol. The maximum atomic E-state index is 13.2. The van der Waals surface area contributed by atoms with E-state index < -0.39 is 5.97 Å². The Kier molecular flexibility index (Phi) is 17.6. The summed E-state index contributed by atoms with van der Waals surface area (Å²) in [6, 6.07) is 36.8. The summed E-state index contributed by atoms with van der Waals surface area (Å²) in [5.41, 5.74) is 3.65. The van der Waals surface area contributed by atoms with Gasteiger partial charge in [0.05, 0.1) is 37.3 Å². The van der Waals surface area contributed by atoms with Crippen LogP contribution in [0.1, 0.15) is 94.3 Å². The third-order valence-electron chi connectivity index (χ3n) is 9.27. The highest BCUT2D eigenvalue weighted by molar-refractivity contribution is 5.91. The molecule has 0 atom stereocenters. The van der Waals surface area contributed by atoms with Crippen molar-refractivity contribution in [3.05, 3.63) is 127 Å². The van der Waals surface area contributed by atoms with Gasteiger partial charge in [-0.25, -0.2) is 4.79 Å². The lowest BCUT2D eigenvalue weighted by molar-refractivity contribution is -0.134. The fourth-order valence-electron chi connectivity index (χ4n) is 6.07. The van der Waals surface area contributed by atoms with Gasteiger partial charge < -0.3 is 23.7 Å². The first kappa shape index (κ1) is 42.2. The van der Waals surface area contributed by atoms with Crippen LogP contribution in [0, 0.1) is 0 Å². The molecule has 0 saturated heterocycles. The molecular formula is C48H54N2O7. The number of rotatable bonds is 24. The van der Waals surface area contributed by atoms with Crippen molar-refractivity contribution in [1.29, 1.82) is 0 Å². The third-order valence-corrected chi connectivity index (χ3v) is 9.27. The van der Waals surface area contributed by atoms with E-state index in [4.69, 9.17) is 23.7 Å². The fourth-order valence-corrected chi connectivity index (χ4v) is 6.07.